The van der Waals surface area contributed by atoms with Gasteiger partial charge in [-0.15, -0.1) is 0 Å². The number of thioether (sulfide) groups is 1. The van der Waals surface area contributed by atoms with Gasteiger partial charge in [0.15, 0.2) is 0 Å². The van der Waals surface area contributed by atoms with Crippen molar-refractivity contribution in [3.8, 4) is 0 Å². The Labute approximate surface area is 107 Å². The summed E-state index contributed by atoms with van der Waals surface area (Å²) >= 11 is 1.79. The van der Waals surface area contributed by atoms with Crippen LogP contribution < -0.4 is 11.1 Å². The molecule has 0 aromatic heterocycles. The lowest BCUT2D eigenvalue weighted by Crippen LogP contribution is -2.29. The van der Waals surface area contributed by atoms with Crippen molar-refractivity contribution < 1.29 is 4.79 Å². The molecule has 1 amide bonds. The zero-order chi connectivity index (χ0) is 12.8. The third-order valence-corrected chi connectivity index (χ3v) is 3.42. The summed E-state index contributed by atoms with van der Waals surface area (Å²) in [6.07, 6.45) is 2.07. The van der Waals surface area contributed by atoms with Gasteiger partial charge in [-0.05, 0) is 42.5 Å². The SMILES string of the molecule is CSCC(C)CNC(=O)c1ccc(C)cc1N. The van der Waals surface area contributed by atoms with Crippen molar-refractivity contribution in [1.82, 2.24) is 5.32 Å². The fourth-order valence-electron chi connectivity index (χ4n) is 1.59. The van der Waals surface area contributed by atoms with Crippen molar-refractivity contribution in [1.29, 1.82) is 0 Å². The summed E-state index contributed by atoms with van der Waals surface area (Å²) in [6, 6.07) is 5.50. The molecule has 0 aliphatic rings. The first-order valence-corrected chi connectivity index (χ1v) is 7.07. The second kappa shape index (κ2) is 6.55. The predicted molar refractivity (Wildman–Crippen MR) is 75.5 cm³/mol. The van der Waals surface area contributed by atoms with Crippen LogP contribution in [0.15, 0.2) is 18.2 Å². The predicted octanol–water partition coefficient (Wildman–Crippen LogP) is 2.31. The van der Waals surface area contributed by atoms with Crippen LogP contribution in [0.3, 0.4) is 0 Å². The Morgan fingerprint density at radius 1 is 1.53 bits per heavy atom. The van der Waals surface area contributed by atoms with Crippen molar-refractivity contribution in [2.45, 2.75) is 13.8 Å². The molecule has 0 heterocycles. The van der Waals surface area contributed by atoms with Gasteiger partial charge in [0, 0.05) is 12.2 Å². The van der Waals surface area contributed by atoms with Crippen molar-refractivity contribution in [2.75, 3.05) is 24.3 Å². The van der Waals surface area contributed by atoms with E-state index in [1.807, 2.05) is 19.1 Å². The molecule has 1 unspecified atom stereocenters. The highest BCUT2D eigenvalue weighted by Crippen LogP contribution is 2.13. The van der Waals surface area contributed by atoms with E-state index in [1.54, 1.807) is 17.8 Å². The van der Waals surface area contributed by atoms with Gasteiger partial charge in [-0.25, -0.2) is 0 Å². The first-order valence-electron chi connectivity index (χ1n) is 5.68. The largest absolute Gasteiger partial charge is 0.398 e. The Bertz CT molecular complexity index is 393. The first kappa shape index (κ1) is 13.9. The van der Waals surface area contributed by atoms with E-state index in [4.69, 9.17) is 5.73 Å². The fourth-order valence-corrected chi connectivity index (χ4v) is 2.28. The molecule has 1 rings (SSSR count). The Kier molecular flexibility index (Phi) is 5.35. The number of rotatable bonds is 5. The maximum absolute atomic E-state index is 11.9. The number of carbonyl (C=O) groups excluding carboxylic acids is 1. The number of nitrogens with two attached hydrogens (primary N) is 1. The highest BCUT2D eigenvalue weighted by molar-refractivity contribution is 7.98. The number of aryl methyl sites for hydroxylation is 1. The Balaban J connectivity index is 2.58. The smallest absolute Gasteiger partial charge is 0.253 e. The summed E-state index contributed by atoms with van der Waals surface area (Å²) in [7, 11) is 0. The molecule has 3 N–H and O–H groups in total. The summed E-state index contributed by atoms with van der Waals surface area (Å²) < 4.78 is 0. The summed E-state index contributed by atoms with van der Waals surface area (Å²) in [5.74, 6) is 1.43. The van der Waals surface area contributed by atoms with Crippen LogP contribution >= 0.6 is 11.8 Å². The summed E-state index contributed by atoms with van der Waals surface area (Å²) in [5.41, 5.74) is 7.99. The molecule has 0 aliphatic heterocycles. The van der Waals surface area contributed by atoms with Gasteiger partial charge in [0.05, 0.1) is 5.56 Å². The van der Waals surface area contributed by atoms with Crippen LogP contribution in [0.5, 0.6) is 0 Å². The summed E-state index contributed by atoms with van der Waals surface area (Å²) in [4.78, 5) is 11.9. The number of anilines is 1. The zero-order valence-corrected chi connectivity index (χ0v) is 11.4. The third-order valence-electron chi connectivity index (χ3n) is 2.51. The molecule has 0 bridgehead atoms. The standard InChI is InChI=1S/C13H20N2OS/c1-9-4-5-11(12(14)6-9)13(16)15-7-10(2)8-17-3/h4-6,10H,7-8,14H2,1-3H3,(H,15,16). The van der Waals surface area contributed by atoms with Gasteiger partial charge in [-0.1, -0.05) is 13.0 Å². The van der Waals surface area contributed by atoms with E-state index in [0.717, 1.165) is 11.3 Å². The molecule has 17 heavy (non-hydrogen) atoms. The minimum atomic E-state index is -0.0875. The minimum Gasteiger partial charge on any atom is -0.398 e. The van der Waals surface area contributed by atoms with Crippen LogP contribution in [-0.4, -0.2) is 24.5 Å². The molecule has 94 valence electrons. The highest BCUT2D eigenvalue weighted by atomic mass is 32.2. The molecule has 0 spiro atoms. The quantitative estimate of drug-likeness (QED) is 0.791. The fraction of sp³-hybridized carbons (Fsp3) is 0.462. The normalized spacial score (nSPS) is 12.2. The Hall–Kier alpha value is -1.16. The molecule has 3 nitrogen and oxygen atoms in total. The van der Waals surface area contributed by atoms with E-state index >= 15 is 0 Å². The van der Waals surface area contributed by atoms with Crippen LogP contribution in [-0.2, 0) is 0 Å². The van der Waals surface area contributed by atoms with E-state index in [9.17, 15) is 4.79 Å². The van der Waals surface area contributed by atoms with Gasteiger partial charge in [0.1, 0.15) is 0 Å². The zero-order valence-electron chi connectivity index (χ0n) is 10.6. The number of benzene rings is 1. The van der Waals surface area contributed by atoms with Crippen LogP contribution in [0.1, 0.15) is 22.8 Å². The van der Waals surface area contributed by atoms with Gasteiger partial charge in [0.25, 0.3) is 5.91 Å². The van der Waals surface area contributed by atoms with Crippen molar-refractivity contribution >= 4 is 23.4 Å². The first-order chi connectivity index (χ1) is 8.04. The number of nitrogen functional groups attached to an aromatic ring is 1. The molecule has 0 saturated heterocycles. The minimum absolute atomic E-state index is 0.0875. The maximum atomic E-state index is 11.9. The van der Waals surface area contributed by atoms with Crippen molar-refractivity contribution in [3.63, 3.8) is 0 Å². The number of nitrogens with one attached hydrogen (secondary N) is 1. The second-order valence-electron chi connectivity index (χ2n) is 4.36. The van der Waals surface area contributed by atoms with Gasteiger partial charge in [0.2, 0.25) is 0 Å². The van der Waals surface area contributed by atoms with E-state index < -0.39 is 0 Å². The summed E-state index contributed by atoms with van der Waals surface area (Å²) in [6.45, 7) is 4.76. The van der Waals surface area contributed by atoms with Gasteiger partial charge < -0.3 is 11.1 Å². The number of hydrogen-bond donors (Lipinski definition) is 2. The molecule has 1 aromatic carbocycles. The second-order valence-corrected chi connectivity index (χ2v) is 5.27. The summed E-state index contributed by atoms with van der Waals surface area (Å²) in [5, 5.41) is 2.91. The van der Waals surface area contributed by atoms with E-state index in [1.165, 1.54) is 0 Å². The molecule has 0 radical (unpaired) electrons. The number of carbonyl (C=O) groups is 1. The maximum Gasteiger partial charge on any atom is 0.253 e. The highest BCUT2D eigenvalue weighted by Gasteiger charge is 2.10. The molecular weight excluding hydrogens is 232 g/mol. The average Bonchev–Trinajstić information content (AvgIpc) is 2.26. The van der Waals surface area contributed by atoms with Crippen molar-refractivity contribution in [2.24, 2.45) is 5.92 Å². The number of hydrogen-bond acceptors (Lipinski definition) is 3. The van der Waals surface area contributed by atoms with Gasteiger partial charge in [-0.3, -0.25) is 4.79 Å². The third kappa shape index (κ3) is 4.30. The molecule has 0 fully saturated rings. The van der Waals surface area contributed by atoms with E-state index in [2.05, 4.69) is 18.5 Å². The lowest BCUT2D eigenvalue weighted by molar-refractivity contribution is 0.0950. The van der Waals surface area contributed by atoms with Crippen molar-refractivity contribution in [3.05, 3.63) is 29.3 Å². The Morgan fingerprint density at radius 2 is 2.24 bits per heavy atom. The van der Waals surface area contributed by atoms with Crippen LogP contribution in [0.4, 0.5) is 5.69 Å². The van der Waals surface area contributed by atoms with Gasteiger partial charge >= 0.3 is 0 Å². The molecule has 1 atom stereocenters. The average molecular weight is 252 g/mol. The van der Waals surface area contributed by atoms with E-state index in [-0.39, 0.29) is 5.91 Å². The van der Waals surface area contributed by atoms with Crippen LogP contribution in [0.2, 0.25) is 0 Å². The van der Waals surface area contributed by atoms with E-state index in [0.29, 0.717) is 23.7 Å². The van der Waals surface area contributed by atoms with Crippen LogP contribution in [0, 0.1) is 12.8 Å². The molecule has 1 aromatic rings. The topological polar surface area (TPSA) is 55.1 Å². The Morgan fingerprint density at radius 3 is 2.82 bits per heavy atom. The molecule has 0 aliphatic carbocycles. The molecule has 4 heteroatoms. The lowest BCUT2D eigenvalue weighted by atomic mass is 10.1. The lowest BCUT2D eigenvalue weighted by Gasteiger charge is -2.12. The molecular formula is C13H20N2OS. The number of amides is 1. The van der Waals surface area contributed by atoms with Gasteiger partial charge in [-0.2, -0.15) is 11.8 Å². The monoisotopic (exact) mass is 252 g/mol. The van der Waals surface area contributed by atoms with Crippen LogP contribution in [0.25, 0.3) is 0 Å². The molecule has 0 saturated carbocycles.